The van der Waals surface area contributed by atoms with Crippen molar-refractivity contribution in [3.8, 4) is 11.1 Å². The molecule has 0 aromatic heterocycles. The van der Waals surface area contributed by atoms with Crippen molar-refractivity contribution in [3.05, 3.63) is 59.7 Å². The van der Waals surface area contributed by atoms with Crippen molar-refractivity contribution < 1.29 is 13.2 Å². The second-order valence-electron chi connectivity index (χ2n) is 8.01. The highest BCUT2D eigenvalue weighted by Gasteiger charge is 2.47. The first-order valence-corrected chi connectivity index (χ1v) is 11.6. The zero-order valence-corrected chi connectivity index (χ0v) is 17.1. The van der Waals surface area contributed by atoms with Crippen LogP contribution in [0.4, 0.5) is 0 Å². The molecule has 0 radical (unpaired) electrons. The van der Waals surface area contributed by atoms with E-state index in [1.165, 1.54) is 22.3 Å². The maximum absolute atomic E-state index is 13.0. The Morgan fingerprint density at radius 3 is 2.46 bits per heavy atom. The van der Waals surface area contributed by atoms with Crippen molar-refractivity contribution in [1.29, 1.82) is 0 Å². The van der Waals surface area contributed by atoms with E-state index >= 15 is 0 Å². The van der Waals surface area contributed by atoms with Gasteiger partial charge in [-0.1, -0.05) is 48.5 Å². The van der Waals surface area contributed by atoms with E-state index in [1.54, 1.807) is 0 Å². The fourth-order valence-electron chi connectivity index (χ4n) is 4.35. The SMILES string of the molecule is Cc1ccccc1-c1ccccc1C1CC1C(=O)N1CCC(NS(C)(=O)=O)C1. The third kappa shape index (κ3) is 3.98. The topological polar surface area (TPSA) is 66.5 Å². The number of likely N-dealkylation sites (tertiary alicyclic amines) is 1. The van der Waals surface area contributed by atoms with Crippen molar-refractivity contribution in [1.82, 2.24) is 9.62 Å². The molecule has 148 valence electrons. The van der Waals surface area contributed by atoms with Crippen LogP contribution in [-0.4, -0.2) is 44.6 Å². The molecule has 1 saturated heterocycles. The number of nitrogens with one attached hydrogen (secondary N) is 1. The average Bonchev–Trinajstić information content (AvgIpc) is 3.32. The molecule has 1 saturated carbocycles. The third-order valence-corrected chi connectivity index (χ3v) is 6.55. The smallest absolute Gasteiger partial charge is 0.226 e. The van der Waals surface area contributed by atoms with Gasteiger partial charge in [0.05, 0.1) is 6.26 Å². The van der Waals surface area contributed by atoms with E-state index in [0.717, 1.165) is 12.7 Å². The lowest BCUT2D eigenvalue weighted by Gasteiger charge is -2.17. The summed E-state index contributed by atoms with van der Waals surface area (Å²) in [7, 11) is -3.24. The largest absolute Gasteiger partial charge is 0.341 e. The molecule has 4 rings (SSSR count). The van der Waals surface area contributed by atoms with Crippen LogP contribution < -0.4 is 4.72 Å². The first-order valence-electron chi connectivity index (χ1n) is 9.74. The molecule has 28 heavy (non-hydrogen) atoms. The highest BCUT2D eigenvalue weighted by molar-refractivity contribution is 7.88. The molecule has 5 nitrogen and oxygen atoms in total. The van der Waals surface area contributed by atoms with Crippen molar-refractivity contribution in [2.45, 2.75) is 31.7 Å². The lowest BCUT2D eigenvalue weighted by Crippen LogP contribution is -2.38. The lowest BCUT2D eigenvalue weighted by molar-refractivity contribution is -0.131. The van der Waals surface area contributed by atoms with Gasteiger partial charge in [0.2, 0.25) is 15.9 Å². The van der Waals surface area contributed by atoms with E-state index < -0.39 is 10.0 Å². The number of hydrogen-bond acceptors (Lipinski definition) is 3. The van der Waals surface area contributed by atoms with Crippen molar-refractivity contribution >= 4 is 15.9 Å². The number of aryl methyl sites for hydroxylation is 1. The van der Waals surface area contributed by atoms with Gasteiger partial charge in [-0.25, -0.2) is 13.1 Å². The Hall–Kier alpha value is -2.18. The van der Waals surface area contributed by atoms with Crippen LogP contribution in [0.15, 0.2) is 48.5 Å². The minimum Gasteiger partial charge on any atom is -0.341 e. The number of amides is 1. The normalized spacial score (nSPS) is 24.4. The van der Waals surface area contributed by atoms with Crippen LogP contribution in [0.5, 0.6) is 0 Å². The van der Waals surface area contributed by atoms with Crippen LogP contribution in [-0.2, 0) is 14.8 Å². The van der Waals surface area contributed by atoms with Crippen LogP contribution in [0.25, 0.3) is 11.1 Å². The molecule has 1 aliphatic carbocycles. The van der Waals surface area contributed by atoms with E-state index in [4.69, 9.17) is 0 Å². The lowest BCUT2D eigenvalue weighted by atomic mass is 9.93. The number of carbonyl (C=O) groups excluding carboxylic acids is 1. The van der Waals surface area contributed by atoms with Gasteiger partial charge in [0.1, 0.15) is 0 Å². The van der Waals surface area contributed by atoms with E-state index in [1.807, 2.05) is 29.2 Å². The third-order valence-electron chi connectivity index (χ3n) is 5.78. The van der Waals surface area contributed by atoms with Gasteiger partial charge in [-0.05, 0) is 47.9 Å². The molecular weight excluding hydrogens is 372 g/mol. The zero-order valence-electron chi connectivity index (χ0n) is 16.3. The standard InChI is InChI=1S/C22H26N2O3S/c1-15-7-3-4-8-17(15)18-9-5-6-10-19(18)20-13-21(20)22(25)24-12-11-16(14-24)23-28(2,26)27/h3-10,16,20-21,23H,11-14H2,1-2H3. The van der Waals surface area contributed by atoms with E-state index in [9.17, 15) is 13.2 Å². The Balaban J connectivity index is 1.48. The van der Waals surface area contributed by atoms with Gasteiger partial charge < -0.3 is 4.90 Å². The summed E-state index contributed by atoms with van der Waals surface area (Å²) < 4.78 is 25.5. The highest BCUT2D eigenvalue weighted by Crippen LogP contribution is 2.51. The first-order chi connectivity index (χ1) is 13.3. The van der Waals surface area contributed by atoms with Gasteiger partial charge in [0, 0.05) is 25.0 Å². The fourth-order valence-corrected chi connectivity index (χ4v) is 5.14. The quantitative estimate of drug-likeness (QED) is 0.842. The van der Waals surface area contributed by atoms with Gasteiger partial charge in [0.25, 0.3) is 0 Å². The summed E-state index contributed by atoms with van der Waals surface area (Å²) in [4.78, 5) is 14.8. The molecule has 0 bridgehead atoms. The molecular formula is C22H26N2O3S. The first kappa shape index (κ1) is 19.2. The number of sulfonamides is 1. The predicted octanol–water partition coefficient (Wildman–Crippen LogP) is 2.92. The summed E-state index contributed by atoms with van der Waals surface area (Å²) in [6, 6.07) is 16.5. The number of carbonyl (C=O) groups is 1. The number of hydrogen-bond donors (Lipinski definition) is 1. The van der Waals surface area contributed by atoms with Gasteiger partial charge in [-0.15, -0.1) is 0 Å². The van der Waals surface area contributed by atoms with Crippen LogP contribution in [0, 0.1) is 12.8 Å². The van der Waals surface area contributed by atoms with Gasteiger partial charge in [-0.3, -0.25) is 4.79 Å². The van der Waals surface area contributed by atoms with Crippen molar-refractivity contribution in [2.75, 3.05) is 19.3 Å². The molecule has 2 aromatic carbocycles. The van der Waals surface area contributed by atoms with Crippen molar-refractivity contribution in [2.24, 2.45) is 5.92 Å². The van der Waals surface area contributed by atoms with Crippen LogP contribution in [0.3, 0.4) is 0 Å². The van der Waals surface area contributed by atoms with Gasteiger partial charge in [0.15, 0.2) is 0 Å². The maximum Gasteiger partial charge on any atom is 0.226 e. The van der Waals surface area contributed by atoms with Gasteiger partial charge in [-0.2, -0.15) is 0 Å². The Morgan fingerprint density at radius 1 is 1.07 bits per heavy atom. The van der Waals surface area contributed by atoms with Crippen molar-refractivity contribution in [3.63, 3.8) is 0 Å². The van der Waals surface area contributed by atoms with Crippen LogP contribution in [0.2, 0.25) is 0 Å². The molecule has 3 atom stereocenters. The number of benzene rings is 2. The van der Waals surface area contributed by atoms with Crippen LogP contribution >= 0.6 is 0 Å². The second-order valence-corrected chi connectivity index (χ2v) is 9.79. The molecule has 1 aliphatic heterocycles. The van der Waals surface area contributed by atoms with Crippen LogP contribution in [0.1, 0.15) is 29.9 Å². The molecule has 2 fully saturated rings. The molecule has 3 unspecified atom stereocenters. The predicted molar refractivity (Wildman–Crippen MR) is 110 cm³/mol. The summed E-state index contributed by atoms with van der Waals surface area (Å²) in [6.45, 7) is 3.20. The molecule has 2 aliphatic rings. The summed E-state index contributed by atoms with van der Waals surface area (Å²) in [5.74, 6) is 0.398. The summed E-state index contributed by atoms with van der Waals surface area (Å²) in [6.07, 6.45) is 2.70. The Kier molecular flexibility index (Phi) is 5.02. The second kappa shape index (κ2) is 7.33. The van der Waals surface area contributed by atoms with E-state index in [-0.39, 0.29) is 23.8 Å². The van der Waals surface area contributed by atoms with E-state index in [2.05, 4.69) is 35.9 Å². The Morgan fingerprint density at radius 2 is 1.75 bits per heavy atom. The van der Waals surface area contributed by atoms with Gasteiger partial charge >= 0.3 is 0 Å². The molecule has 1 amide bonds. The maximum atomic E-state index is 13.0. The Labute approximate surface area is 166 Å². The zero-order chi connectivity index (χ0) is 19.9. The summed E-state index contributed by atoms with van der Waals surface area (Å²) >= 11 is 0. The highest BCUT2D eigenvalue weighted by atomic mass is 32.2. The average molecular weight is 399 g/mol. The monoisotopic (exact) mass is 398 g/mol. The Bertz CT molecular complexity index is 1000. The molecule has 1 N–H and O–H groups in total. The minimum absolute atomic E-state index is 0.00199. The molecule has 0 spiro atoms. The summed E-state index contributed by atoms with van der Waals surface area (Å²) in [5, 5.41) is 0. The summed E-state index contributed by atoms with van der Waals surface area (Å²) in [5.41, 5.74) is 4.89. The van der Waals surface area contributed by atoms with E-state index in [0.29, 0.717) is 19.5 Å². The number of nitrogens with zero attached hydrogens (tertiary/aromatic N) is 1. The number of rotatable bonds is 5. The molecule has 6 heteroatoms. The fraction of sp³-hybridized carbons (Fsp3) is 0.409. The minimum atomic E-state index is -3.24. The molecule has 1 heterocycles. The molecule has 2 aromatic rings.